The van der Waals surface area contributed by atoms with Gasteiger partial charge in [0, 0.05) is 11.7 Å². The monoisotopic (exact) mass is 256 g/mol. The zero-order chi connectivity index (χ0) is 13.1. The minimum Gasteiger partial charge on any atom is -0.398 e. The highest BCUT2D eigenvalue weighted by atomic mass is 32.2. The van der Waals surface area contributed by atoms with Crippen LogP contribution in [-0.2, 0) is 16.4 Å². The van der Waals surface area contributed by atoms with E-state index in [2.05, 4.69) is 4.72 Å². The van der Waals surface area contributed by atoms with Crippen LogP contribution >= 0.6 is 0 Å². The molecule has 1 aromatic rings. The summed E-state index contributed by atoms with van der Waals surface area (Å²) in [6.07, 6.45) is 1.55. The quantitative estimate of drug-likeness (QED) is 0.790. The highest BCUT2D eigenvalue weighted by Crippen LogP contribution is 2.18. The topological polar surface area (TPSA) is 72.2 Å². The van der Waals surface area contributed by atoms with Crippen LogP contribution in [0.25, 0.3) is 0 Å². The van der Waals surface area contributed by atoms with Crippen LogP contribution in [0.4, 0.5) is 5.69 Å². The van der Waals surface area contributed by atoms with Crippen LogP contribution in [0.1, 0.15) is 32.8 Å². The van der Waals surface area contributed by atoms with E-state index in [-0.39, 0.29) is 10.9 Å². The minimum absolute atomic E-state index is 0.0768. The smallest absolute Gasteiger partial charge is 0.240 e. The van der Waals surface area contributed by atoms with Crippen molar-refractivity contribution in [2.75, 3.05) is 5.73 Å². The molecule has 1 rings (SSSR count). The molecule has 1 atom stereocenters. The van der Waals surface area contributed by atoms with Gasteiger partial charge in [-0.3, -0.25) is 0 Å². The maximum absolute atomic E-state index is 12.0. The minimum atomic E-state index is -3.45. The molecule has 5 heteroatoms. The van der Waals surface area contributed by atoms with Crippen LogP contribution in [0.15, 0.2) is 23.1 Å². The van der Waals surface area contributed by atoms with Crippen molar-refractivity contribution in [3.8, 4) is 0 Å². The van der Waals surface area contributed by atoms with Crippen LogP contribution in [0, 0.1) is 0 Å². The highest BCUT2D eigenvalue weighted by Gasteiger charge is 2.17. The Hall–Kier alpha value is -1.07. The van der Waals surface area contributed by atoms with E-state index in [0.29, 0.717) is 5.69 Å². The largest absolute Gasteiger partial charge is 0.398 e. The standard InChI is InChI=1S/C12H20N2O2S/c1-4-9(3)14-17(15,16)11-7-6-10(5-2)12(13)8-11/h6-9,14H,4-5,13H2,1-3H3. The zero-order valence-electron chi connectivity index (χ0n) is 10.5. The molecule has 0 aliphatic rings. The summed E-state index contributed by atoms with van der Waals surface area (Å²) in [6.45, 7) is 5.75. The molecule has 0 aliphatic heterocycles. The number of aryl methyl sites for hydroxylation is 1. The van der Waals surface area contributed by atoms with Gasteiger partial charge in [-0.25, -0.2) is 13.1 Å². The lowest BCUT2D eigenvalue weighted by Gasteiger charge is -2.13. The average molecular weight is 256 g/mol. The Morgan fingerprint density at radius 1 is 1.35 bits per heavy atom. The number of rotatable bonds is 5. The van der Waals surface area contributed by atoms with Crippen molar-refractivity contribution in [2.45, 2.75) is 44.6 Å². The number of nitrogen functional groups attached to an aromatic ring is 1. The second kappa shape index (κ2) is 5.51. The fourth-order valence-corrected chi connectivity index (χ4v) is 2.84. The third kappa shape index (κ3) is 3.44. The number of benzene rings is 1. The number of nitrogens with two attached hydrogens (primary N) is 1. The summed E-state index contributed by atoms with van der Waals surface area (Å²) in [5.41, 5.74) is 7.29. The molecule has 1 aromatic carbocycles. The van der Waals surface area contributed by atoms with E-state index in [0.717, 1.165) is 18.4 Å². The van der Waals surface area contributed by atoms with Gasteiger partial charge >= 0.3 is 0 Å². The molecule has 4 nitrogen and oxygen atoms in total. The molecule has 0 amide bonds. The van der Waals surface area contributed by atoms with E-state index < -0.39 is 10.0 Å². The number of sulfonamides is 1. The van der Waals surface area contributed by atoms with Crippen molar-refractivity contribution in [2.24, 2.45) is 0 Å². The van der Waals surface area contributed by atoms with Gasteiger partial charge in [-0.1, -0.05) is 19.9 Å². The Labute approximate surface area is 103 Å². The zero-order valence-corrected chi connectivity index (χ0v) is 11.3. The summed E-state index contributed by atoms with van der Waals surface area (Å²) in [4.78, 5) is 0.229. The summed E-state index contributed by atoms with van der Waals surface area (Å²) >= 11 is 0. The molecule has 0 saturated carbocycles. The SMILES string of the molecule is CCc1ccc(S(=O)(=O)NC(C)CC)cc1N. The molecule has 0 radical (unpaired) electrons. The molecule has 0 aromatic heterocycles. The molecule has 0 fully saturated rings. The Bertz CT molecular complexity index is 483. The molecule has 96 valence electrons. The maximum Gasteiger partial charge on any atom is 0.240 e. The lowest BCUT2D eigenvalue weighted by atomic mass is 10.1. The van der Waals surface area contributed by atoms with E-state index in [4.69, 9.17) is 5.73 Å². The summed E-state index contributed by atoms with van der Waals surface area (Å²) in [6, 6.07) is 4.80. The van der Waals surface area contributed by atoms with Crippen molar-refractivity contribution in [1.29, 1.82) is 0 Å². The highest BCUT2D eigenvalue weighted by molar-refractivity contribution is 7.89. The van der Waals surface area contributed by atoms with Crippen molar-refractivity contribution in [3.63, 3.8) is 0 Å². The Morgan fingerprint density at radius 2 is 2.00 bits per heavy atom. The number of hydrogen-bond donors (Lipinski definition) is 2. The van der Waals surface area contributed by atoms with E-state index in [1.807, 2.05) is 20.8 Å². The van der Waals surface area contributed by atoms with E-state index in [1.165, 1.54) is 6.07 Å². The van der Waals surface area contributed by atoms with Crippen molar-refractivity contribution in [3.05, 3.63) is 23.8 Å². The van der Waals surface area contributed by atoms with Gasteiger partial charge in [0.25, 0.3) is 0 Å². The molecule has 0 bridgehead atoms. The van der Waals surface area contributed by atoms with E-state index in [9.17, 15) is 8.42 Å². The number of nitrogens with one attached hydrogen (secondary N) is 1. The molecule has 0 heterocycles. The van der Waals surface area contributed by atoms with Crippen LogP contribution in [-0.4, -0.2) is 14.5 Å². The van der Waals surface area contributed by atoms with Crippen molar-refractivity contribution in [1.82, 2.24) is 4.72 Å². The predicted octanol–water partition coefficient (Wildman–Crippen LogP) is 1.91. The Kier molecular flexibility index (Phi) is 4.54. The first-order valence-electron chi connectivity index (χ1n) is 5.81. The fraction of sp³-hybridized carbons (Fsp3) is 0.500. The van der Waals surface area contributed by atoms with Crippen LogP contribution in [0.3, 0.4) is 0 Å². The van der Waals surface area contributed by atoms with Gasteiger partial charge in [0.05, 0.1) is 4.90 Å². The predicted molar refractivity (Wildman–Crippen MR) is 70.3 cm³/mol. The third-order valence-electron chi connectivity index (χ3n) is 2.78. The van der Waals surface area contributed by atoms with Gasteiger partial charge in [0.1, 0.15) is 0 Å². The molecule has 3 N–H and O–H groups in total. The fourth-order valence-electron chi connectivity index (χ4n) is 1.48. The normalized spacial score (nSPS) is 13.6. The summed E-state index contributed by atoms with van der Waals surface area (Å²) in [5.74, 6) is 0. The van der Waals surface area contributed by atoms with Crippen molar-refractivity contribution < 1.29 is 8.42 Å². The Balaban J connectivity index is 3.04. The second-order valence-electron chi connectivity index (χ2n) is 4.14. The van der Waals surface area contributed by atoms with Crippen LogP contribution in [0.2, 0.25) is 0 Å². The molecule has 17 heavy (non-hydrogen) atoms. The van der Waals surface area contributed by atoms with Gasteiger partial charge < -0.3 is 5.73 Å². The van der Waals surface area contributed by atoms with E-state index >= 15 is 0 Å². The maximum atomic E-state index is 12.0. The van der Waals surface area contributed by atoms with Crippen LogP contribution in [0.5, 0.6) is 0 Å². The summed E-state index contributed by atoms with van der Waals surface area (Å²) in [5, 5.41) is 0. The van der Waals surface area contributed by atoms with Crippen LogP contribution < -0.4 is 10.5 Å². The molecule has 0 saturated heterocycles. The van der Waals surface area contributed by atoms with Gasteiger partial charge in [0.2, 0.25) is 10.0 Å². The summed E-state index contributed by atoms with van der Waals surface area (Å²) < 4.78 is 26.6. The first kappa shape index (κ1) is 14.0. The van der Waals surface area contributed by atoms with Gasteiger partial charge in [-0.05, 0) is 37.5 Å². The summed E-state index contributed by atoms with van der Waals surface area (Å²) in [7, 11) is -3.45. The first-order valence-corrected chi connectivity index (χ1v) is 7.29. The first-order chi connectivity index (χ1) is 7.90. The van der Waals surface area contributed by atoms with Gasteiger partial charge in [-0.2, -0.15) is 0 Å². The lowest BCUT2D eigenvalue weighted by molar-refractivity contribution is 0.556. The molecular formula is C12H20N2O2S. The average Bonchev–Trinajstić information content (AvgIpc) is 2.28. The molecule has 1 unspecified atom stereocenters. The molecular weight excluding hydrogens is 236 g/mol. The van der Waals surface area contributed by atoms with E-state index in [1.54, 1.807) is 12.1 Å². The van der Waals surface area contributed by atoms with Gasteiger partial charge in [0.15, 0.2) is 0 Å². The van der Waals surface area contributed by atoms with Crippen molar-refractivity contribution >= 4 is 15.7 Å². The Morgan fingerprint density at radius 3 is 2.47 bits per heavy atom. The number of anilines is 1. The number of hydrogen-bond acceptors (Lipinski definition) is 3. The lowest BCUT2D eigenvalue weighted by Crippen LogP contribution is -2.32. The molecule has 0 aliphatic carbocycles. The second-order valence-corrected chi connectivity index (χ2v) is 5.86. The third-order valence-corrected chi connectivity index (χ3v) is 4.36. The molecule has 0 spiro atoms. The van der Waals surface area contributed by atoms with Gasteiger partial charge in [-0.15, -0.1) is 0 Å².